The van der Waals surface area contributed by atoms with Crippen LogP contribution in [0.5, 0.6) is 0 Å². The van der Waals surface area contributed by atoms with Gasteiger partial charge in [0.05, 0.1) is 0 Å². The molecule has 0 aromatic heterocycles. The predicted octanol–water partition coefficient (Wildman–Crippen LogP) is -0.820. The van der Waals surface area contributed by atoms with Crippen LogP contribution < -0.4 is 9.25 Å². The van der Waals surface area contributed by atoms with E-state index in [0.29, 0.717) is 13.1 Å². The zero-order valence-corrected chi connectivity index (χ0v) is 11.6. The third-order valence-corrected chi connectivity index (χ3v) is 5.02. The van der Waals surface area contributed by atoms with E-state index in [-0.39, 0.29) is 11.5 Å². The molecule has 2 rings (SSSR count). The number of hydrogen-bond donors (Lipinski definition) is 0. The van der Waals surface area contributed by atoms with Crippen LogP contribution in [0.1, 0.15) is 0 Å². The Balaban J connectivity index is 2.11. The second-order valence-electron chi connectivity index (χ2n) is 3.73. The Kier molecular flexibility index (Phi) is 3.08. The Hall–Kier alpha value is -0.472. The van der Waals surface area contributed by atoms with Gasteiger partial charge in [0.15, 0.2) is 0 Å². The molecule has 0 amide bonds. The number of hydrogen-bond acceptors (Lipinski definition) is 3. The molecular formula is C10H14AsNO2S. The summed E-state index contributed by atoms with van der Waals surface area (Å²) in [6.45, 7) is 1.24. The van der Waals surface area contributed by atoms with Crippen molar-refractivity contribution in [2.45, 2.75) is 0 Å². The summed E-state index contributed by atoms with van der Waals surface area (Å²) < 4.78 is 23.8. The minimum absolute atomic E-state index is 0.283. The molecular weight excluding hydrogens is 273 g/mol. The summed E-state index contributed by atoms with van der Waals surface area (Å²) in [7, 11) is -2.77. The van der Waals surface area contributed by atoms with Crippen molar-refractivity contribution < 1.29 is 8.42 Å². The van der Waals surface area contributed by atoms with E-state index in [9.17, 15) is 8.42 Å². The van der Waals surface area contributed by atoms with Gasteiger partial charge in [0.1, 0.15) is 0 Å². The standard InChI is InChI=1S/C10H14AsNO2S/c11-9-1-3-10(4-2-9)12-5-7-15(13,14)8-6-12/h1-4H,5-8,11H2. The molecule has 1 unspecified atom stereocenters. The Labute approximate surface area is 98.9 Å². The Morgan fingerprint density at radius 2 is 1.60 bits per heavy atom. The van der Waals surface area contributed by atoms with Gasteiger partial charge in [0.25, 0.3) is 0 Å². The fourth-order valence-corrected chi connectivity index (χ4v) is 3.26. The molecule has 5 heteroatoms. The fourth-order valence-electron chi connectivity index (χ4n) is 1.66. The normalized spacial score (nSPS) is 20.2. The first-order valence-corrected chi connectivity index (χ1v) is 7.91. The molecule has 1 aromatic rings. The van der Waals surface area contributed by atoms with Crippen molar-refractivity contribution in [2.75, 3.05) is 29.5 Å². The van der Waals surface area contributed by atoms with Crippen LogP contribution in [0.2, 0.25) is 0 Å². The topological polar surface area (TPSA) is 37.4 Å². The van der Waals surface area contributed by atoms with E-state index in [2.05, 4.69) is 29.2 Å². The number of benzene rings is 1. The molecule has 1 fully saturated rings. The van der Waals surface area contributed by atoms with Gasteiger partial charge in [0.2, 0.25) is 0 Å². The van der Waals surface area contributed by atoms with Gasteiger partial charge in [-0.15, -0.1) is 0 Å². The van der Waals surface area contributed by atoms with Gasteiger partial charge in [0, 0.05) is 0 Å². The average molecular weight is 287 g/mol. The SMILES string of the molecule is O=S1(=O)CCN(c2ccc([AsH2])cc2)CC1. The third-order valence-electron chi connectivity index (χ3n) is 2.60. The molecule has 1 atom stereocenters. The van der Waals surface area contributed by atoms with E-state index in [0.717, 1.165) is 5.69 Å². The zero-order chi connectivity index (χ0) is 10.9. The van der Waals surface area contributed by atoms with Gasteiger partial charge < -0.3 is 0 Å². The van der Waals surface area contributed by atoms with Gasteiger partial charge >= 0.3 is 98.9 Å². The summed E-state index contributed by atoms with van der Waals surface area (Å²) in [5.74, 6) is 0.565. The van der Waals surface area contributed by atoms with E-state index < -0.39 is 9.84 Å². The molecule has 1 aliphatic heterocycles. The van der Waals surface area contributed by atoms with Crippen LogP contribution in [0.4, 0.5) is 5.69 Å². The fraction of sp³-hybridized carbons (Fsp3) is 0.400. The summed E-state index contributed by atoms with van der Waals surface area (Å²) in [6, 6.07) is 8.29. The molecule has 1 heterocycles. The van der Waals surface area contributed by atoms with Crippen molar-refractivity contribution in [1.29, 1.82) is 0 Å². The molecule has 3 nitrogen and oxygen atoms in total. The van der Waals surface area contributed by atoms with Crippen molar-refractivity contribution in [3.63, 3.8) is 0 Å². The maximum absolute atomic E-state index is 11.3. The van der Waals surface area contributed by atoms with Crippen molar-refractivity contribution >= 4 is 36.7 Å². The summed E-state index contributed by atoms with van der Waals surface area (Å²) in [4.78, 5) is 2.13. The van der Waals surface area contributed by atoms with Crippen LogP contribution in [0.25, 0.3) is 0 Å². The number of sulfone groups is 1. The van der Waals surface area contributed by atoms with E-state index in [4.69, 9.17) is 0 Å². The first-order chi connectivity index (χ1) is 7.07. The van der Waals surface area contributed by atoms with E-state index in [1.54, 1.807) is 16.9 Å². The number of anilines is 1. The van der Waals surface area contributed by atoms with Crippen LogP contribution >= 0.6 is 0 Å². The van der Waals surface area contributed by atoms with Gasteiger partial charge in [-0.3, -0.25) is 0 Å². The second-order valence-corrected chi connectivity index (χ2v) is 7.43. The molecule has 1 aliphatic rings. The monoisotopic (exact) mass is 287 g/mol. The maximum atomic E-state index is 11.3. The van der Waals surface area contributed by atoms with Crippen LogP contribution in [0.15, 0.2) is 24.3 Å². The van der Waals surface area contributed by atoms with Crippen molar-refractivity contribution in [3.8, 4) is 0 Å². The molecule has 15 heavy (non-hydrogen) atoms. The molecule has 82 valence electrons. The molecule has 0 radical (unpaired) electrons. The average Bonchev–Trinajstić information content (AvgIpc) is 2.20. The molecule has 0 aliphatic carbocycles. The van der Waals surface area contributed by atoms with Gasteiger partial charge in [-0.1, -0.05) is 0 Å². The van der Waals surface area contributed by atoms with Crippen molar-refractivity contribution in [1.82, 2.24) is 0 Å². The van der Waals surface area contributed by atoms with E-state index in [1.807, 2.05) is 0 Å². The van der Waals surface area contributed by atoms with Crippen LogP contribution in [-0.2, 0) is 9.84 Å². The number of nitrogens with zero attached hydrogens (tertiary/aromatic N) is 1. The van der Waals surface area contributed by atoms with Crippen LogP contribution in [-0.4, -0.2) is 49.9 Å². The second kappa shape index (κ2) is 4.18. The molecule has 1 aromatic carbocycles. The van der Waals surface area contributed by atoms with Crippen molar-refractivity contribution in [2.24, 2.45) is 0 Å². The number of rotatable bonds is 1. The van der Waals surface area contributed by atoms with Crippen LogP contribution in [0, 0.1) is 0 Å². The van der Waals surface area contributed by atoms with Gasteiger partial charge in [-0.25, -0.2) is 0 Å². The Morgan fingerprint density at radius 3 is 2.13 bits per heavy atom. The quantitative estimate of drug-likeness (QED) is 0.633. The van der Waals surface area contributed by atoms with E-state index in [1.165, 1.54) is 4.35 Å². The first-order valence-electron chi connectivity index (χ1n) is 4.88. The summed E-state index contributed by atoms with van der Waals surface area (Å²) in [6.07, 6.45) is 0. The van der Waals surface area contributed by atoms with Crippen molar-refractivity contribution in [3.05, 3.63) is 24.3 Å². The third kappa shape index (κ3) is 2.76. The minimum atomic E-state index is -2.77. The molecule has 0 bridgehead atoms. The predicted molar refractivity (Wildman–Crippen MR) is 65.5 cm³/mol. The molecule has 0 spiro atoms. The summed E-state index contributed by atoms with van der Waals surface area (Å²) in [5, 5.41) is 0. The summed E-state index contributed by atoms with van der Waals surface area (Å²) in [5.41, 5.74) is 1.13. The zero-order valence-electron chi connectivity index (χ0n) is 8.39. The van der Waals surface area contributed by atoms with E-state index >= 15 is 0 Å². The first kappa shape index (κ1) is 11.0. The van der Waals surface area contributed by atoms with Gasteiger partial charge in [-0.05, 0) is 0 Å². The molecule has 0 N–H and O–H groups in total. The molecule has 1 saturated heterocycles. The van der Waals surface area contributed by atoms with Crippen LogP contribution in [0.3, 0.4) is 0 Å². The Morgan fingerprint density at radius 1 is 1.07 bits per heavy atom. The Bertz CT molecular complexity index is 427. The molecule has 0 saturated carbocycles. The summed E-state index contributed by atoms with van der Waals surface area (Å²) >= 11 is 1.60. The van der Waals surface area contributed by atoms with Gasteiger partial charge in [-0.2, -0.15) is 0 Å².